The third-order valence-electron chi connectivity index (χ3n) is 7.28. The molecule has 4 rings (SSSR count). The van der Waals surface area contributed by atoms with Gasteiger partial charge >= 0.3 is 0 Å². The number of nitrogens with two attached hydrogens (primary N) is 1. The van der Waals surface area contributed by atoms with E-state index in [9.17, 15) is 22.3 Å². The predicted octanol–water partition coefficient (Wildman–Crippen LogP) is 3.02. The van der Waals surface area contributed by atoms with Crippen molar-refractivity contribution in [3.8, 4) is 5.75 Å². The Hall–Kier alpha value is -2.11. The summed E-state index contributed by atoms with van der Waals surface area (Å²) >= 11 is 0. The summed E-state index contributed by atoms with van der Waals surface area (Å²) in [6, 6.07) is 11.1. The second-order valence-electron chi connectivity index (χ2n) is 10.00. The summed E-state index contributed by atoms with van der Waals surface area (Å²) in [7, 11) is -3.89. The fraction of sp³-hybridized carbons (Fsp3) is 0.538. The monoisotopic (exact) mass is 523 g/mol. The molecule has 0 saturated carbocycles. The van der Waals surface area contributed by atoms with Crippen molar-refractivity contribution in [2.24, 2.45) is 11.1 Å². The topological polar surface area (TPSA) is 96.1 Å². The van der Waals surface area contributed by atoms with Crippen LogP contribution in [0.4, 0.5) is 8.78 Å². The molecule has 2 heterocycles. The van der Waals surface area contributed by atoms with Crippen LogP contribution in [0.25, 0.3) is 0 Å². The molecule has 0 spiro atoms. The molecular formula is C26H35F2N3O4S. The molecule has 2 aliphatic heterocycles. The zero-order chi connectivity index (χ0) is 26.1. The Kier molecular flexibility index (Phi) is 8.01. The first-order chi connectivity index (χ1) is 17.0. The maximum absolute atomic E-state index is 14.3. The van der Waals surface area contributed by atoms with Crippen molar-refractivity contribution in [2.45, 2.75) is 49.6 Å². The van der Waals surface area contributed by atoms with Gasteiger partial charge in [-0.05, 0) is 60.2 Å². The van der Waals surface area contributed by atoms with Crippen molar-refractivity contribution < 1.29 is 27.0 Å². The standard InChI is InChI=1S/C26H35F2N3O4S/c1-3-19-14-30(15-19)10-11-35-22-6-4-20(5-7-22)25-24-9-8-23(36(29,33)34)13-21(24)12-18(2)31(25)16-26(27,28)17-32/h4-9,13,18-19,25,32H,3,10-12,14-17H2,1-2H3,(H2,29,33,34)/t18-,25-/m0/s1. The maximum atomic E-state index is 14.3. The van der Waals surface area contributed by atoms with Gasteiger partial charge in [0.05, 0.1) is 17.5 Å². The lowest BCUT2D eigenvalue weighted by Gasteiger charge is -2.43. The van der Waals surface area contributed by atoms with E-state index in [2.05, 4.69) is 11.8 Å². The SMILES string of the molecule is CCC1CN(CCOc2ccc([C@H]3c4ccc(S(N)(=O)=O)cc4C[C@H](C)N3CC(F)(F)CO)cc2)C1. The highest BCUT2D eigenvalue weighted by Crippen LogP contribution is 2.40. The van der Waals surface area contributed by atoms with Gasteiger partial charge in [-0.3, -0.25) is 9.80 Å². The molecule has 0 aromatic heterocycles. The van der Waals surface area contributed by atoms with Gasteiger partial charge in [-0.25, -0.2) is 22.3 Å². The molecular weight excluding hydrogens is 488 g/mol. The van der Waals surface area contributed by atoms with Crippen LogP contribution in [0.1, 0.15) is 43.0 Å². The molecule has 7 nitrogen and oxygen atoms in total. The smallest absolute Gasteiger partial charge is 0.283 e. The molecule has 2 aliphatic rings. The van der Waals surface area contributed by atoms with Crippen LogP contribution in [0.5, 0.6) is 5.75 Å². The predicted molar refractivity (Wildman–Crippen MR) is 134 cm³/mol. The largest absolute Gasteiger partial charge is 0.492 e. The second-order valence-corrected chi connectivity index (χ2v) is 11.6. The number of hydrogen-bond donors (Lipinski definition) is 2. The third-order valence-corrected chi connectivity index (χ3v) is 8.19. The van der Waals surface area contributed by atoms with E-state index in [-0.39, 0.29) is 10.9 Å². The van der Waals surface area contributed by atoms with Gasteiger partial charge < -0.3 is 9.84 Å². The van der Waals surface area contributed by atoms with Crippen LogP contribution in [0.2, 0.25) is 0 Å². The average Bonchev–Trinajstić information content (AvgIpc) is 2.80. The molecule has 0 radical (unpaired) electrons. The van der Waals surface area contributed by atoms with Gasteiger partial charge in [-0.2, -0.15) is 0 Å². The molecule has 3 N–H and O–H groups in total. The summed E-state index contributed by atoms with van der Waals surface area (Å²) < 4.78 is 58.3. The van der Waals surface area contributed by atoms with Gasteiger partial charge in [0.25, 0.3) is 5.92 Å². The molecule has 0 unspecified atom stereocenters. The lowest BCUT2D eigenvalue weighted by Crippen LogP contribution is -2.49. The molecule has 0 aliphatic carbocycles. The van der Waals surface area contributed by atoms with E-state index >= 15 is 0 Å². The number of benzene rings is 2. The molecule has 10 heteroatoms. The van der Waals surface area contributed by atoms with Crippen LogP contribution < -0.4 is 9.88 Å². The highest BCUT2D eigenvalue weighted by molar-refractivity contribution is 7.89. The summed E-state index contributed by atoms with van der Waals surface area (Å²) in [5.74, 6) is -1.79. The first kappa shape index (κ1) is 26.9. The number of primary sulfonamides is 1. The number of rotatable bonds is 10. The van der Waals surface area contributed by atoms with Crippen LogP contribution in [-0.4, -0.2) is 74.7 Å². The van der Waals surface area contributed by atoms with E-state index in [4.69, 9.17) is 9.88 Å². The van der Waals surface area contributed by atoms with E-state index in [0.717, 1.165) is 42.2 Å². The van der Waals surface area contributed by atoms with Crippen LogP contribution in [0, 0.1) is 5.92 Å². The Bertz CT molecular complexity index is 1150. The highest BCUT2D eigenvalue weighted by Gasteiger charge is 2.40. The molecule has 2 aromatic carbocycles. The molecule has 2 atom stereocenters. The number of aliphatic hydroxyl groups is 1. The molecule has 198 valence electrons. The van der Waals surface area contributed by atoms with E-state index in [1.165, 1.54) is 18.6 Å². The molecule has 2 aromatic rings. The zero-order valence-electron chi connectivity index (χ0n) is 20.7. The molecule has 36 heavy (non-hydrogen) atoms. The second kappa shape index (κ2) is 10.7. The first-order valence-corrected chi connectivity index (χ1v) is 13.9. The number of hydrogen-bond acceptors (Lipinski definition) is 6. The van der Waals surface area contributed by atoms with Crippen LogP contribution >= 0.6 is 0 Å². The first-order valence-electron chi connectivity index (χ1n) is 12.4. The number of halogens is 2. The molecule has 0 amide bonds. The Balaban J connectivity index is 1.57. The number of fused-ring (bicyclic) bond motifs is 1. The Morgan fingerprint density at radius 1 is 1.17 bits per heavy atom. The van der Waals surface area contributed by atoms with Gasteiger partial charge in [0.1, 0.15) is 19.0 Å². The minimum absolute atomic E-state index is 0.00227. The van der Waals surface area contributed by atoms with E-state index in [1.54, 1.807) is 11.0 Å². The highest BCUT2D eigenvalue weighted by atomic mass is 32.2. The molecule has 1 fully saturated rings. The number of likely N-dealkylation sites (tertiary alicyclic amines) is 1. The lowest BCUT2D eigenvalue weighted by molar-refractivity contribution is -0.0862. The van der Waals surface area contributed by atoms with Crippen LogP contribution in [0.15, 0.2) is 47.4 Å². The average molecular weight is 524 g/mol. The van der Waals surface area contributed by atoms with Crippen molar-refractivity contribution in [1.82, 2.24) is 9.80 Å². The third kappa shape index (κ3) is 6.06. The van der Waals surface area contributed by atoms with Gasteiger partial charge in [0.15, 0.2) is 0 Å². The number of nitrogens with zero attached hydrogens (tertiary/aromatic N) is 2. The fourth-order valence-corrected chi connectivity index (χ4v) is 5.73. The van der Waals surface area contributed by atoms with Gasteiger partial charge in [-0.1, -0.05) is 31.5 Å². The number of alkyl halides is 2. The number of sulfonamides is 1. The van der Waals surface area contributed by atoms with Crippen molar-refractivity contribution in [3.05, 3.63) is 59.2 Å². The summed E-state index contributed by atoms with van der Waals surface area (Å²) in [5.41, 5.74) is 2.27. The van der Waals surface area contributed by atoms with Gasteiger partial charge in [-0.15, -0.1) is 0 Å². The van der Waals surface area contributed by atoms with E-state index in [1.807, 2.05) is 31.2 Å². The Morgan fingerprint density at radius 3 is 2.47 bits per heavy atom. The van der Waals surface area contributed by atoms with Crippen molar-refractivity contribution in [1.29, 1.82) is 0 Å². The maximum Gasteiger partial charge on any atom is 0.283 e. The number of ether oxygens (including phenoxy) is 1. The zero-order valence-corrected chi connectivity index (χ0v) is 21.6. The summed E-state index contributed by atoms with van der Waals surface area (Å²) in [6.07, 6.45) is 1.58. The van der Waals surface area contributed by atoms with Gasteiger partial charge in [0, 0.05) is 25.7 Å². The Labute approximate surface area is 211 Å². The van der Waals surface area contributed by atoms with Crippen LogP contribution in [-0.2, 0) is 16.4 Å². The lowest BCUT2D eigenvalue weighted by atomic mass is 9.85. The minimum Gasteiger partial charge on any atom is -0.492 e. The van der Waals surface area contributed by atoms with E-state index < -0.39 is 35.1 Å². The summed E-state index contributed by atoms with van der Waals surface area (Å²) in [6.45, 7) is 5.81. The van der Waals surface area contributed by atoms with Crippen molar-refractivity contribution in [3.63, 3.8) is 0 Å². The quantitative estimate of drug-likeness (QED) is 0.497. The number of aliphatic hydroxyl groups excluding tert-OH is 1. The Morgan fingerprint density at radius 2 is 1.86 bits per heavy atom. The normalized spacial score (nSPS) is 21.7. The van der Waals surface area contributed by atoms with Crippen molar-refractivity contribution >= 4 is 10.0 Å². The van der Waals surface area contributed by atoms with Crippen molar-refractivity contribution in [2.75, 3.05) is 39.4 Å². The minimum atomic E-state index is -3.89. The summed E-state index contributed by atoms with van der Waals surface area (Å²) in [4.78, 5) is 4.02. The van der Waals surface area contributed by atoms with Crippen LogP contribution in [0.3, 0.4) is 0 Å². The fourth-order valence-electron chi connectivity index (χ4n) is 5.16. The van der Waals surface area contributed by atoms with E-state index in [0.29, 0.717) is 18.8 Å². The van der Waals surface area contributed by atoms with Gasteiger partial charge in [0.2, 0.25) is 10.0 Å². The summed E-state index contributed by atoms with van der Waals surface area (Å²) in [5, 5.41) is 14.5. The molecule has 0 bridgehead atoms. The molecule has 1 saturated heterocycles.